The van der Waals surface area contributed by atoms with Gasteiger partial charge in [-0.25, -0.2) is 4.98 Å². The Balaban J connectivity index is 2.14. The van der Waals surface area contributed by atoms with Crippen LogP contribution in [0.1, 0.15) is 20.9 Å². The van der Waals surface area contributed by atoms with Gasteiger partial charge in [0.1, 0.15) is 4.88 Å². The van der Waals surface area contributed by atoms with Crippen LogP contribution in [0.15, 0.2) is 29.8 Å². The fourth-order valence-electron chi connectivity index (χ4n) is 1.34. The lowest BCUT2D eigenvalue weighted by Gasteiger charge is -2.04. The molecule has 0 aliphatic heterocycles. The summed E-state index contributed by atoms with van der Waals surface area (Å²) in [7, 11) is 0. The van der Waals surface area contributed by atoms with Gasteiger partial charge >= 0.3 is 0 Å². The number of aryl methyl sites for hydroxylation is 2. The van der Waals surface area contributed by atoms with Crippen molar-refractivity contribution in [2.75, 3.05) is 5.32 Å². The van der Waals surface area contributed by atoms with Crippen molar-refractivity contribution in [2.45, 2.75) is 13.8 Å². The summed E-state index contributed by atoms with van der Waals surface area (Å²) < 4.78 is 0. The van der Waals surface area contributed by atoms with Crippen LogP contribution in [0.4, 0.5) is 5.69 Å². The number of amides is 1. The molecule has 0 bridgehead atoms. The van der Waals surface area contributed by atoms with Crippen molar-refractivity contribution in [1.29, 1.82) is 0 Å². The van der Waals surface area contributed by atoms with Gasteiger partial charge in [0.15, 0.2) is 0 Å². The number of aromatic nitrogens is 1. The third kappa shape index (κ3) is 2.28. The predicted molar refractivity (Wildman–Crippen MR) is 66.0 cm³/mol. The number of rotatable bonds is 2. The van der Waals surface area contributed by atoms with Gasteiger partial charge in [0.2, 0.25) is 0 Å². The summed E-state index contributed by atoms with van der Waals surface area (Å²) in [4.78, 5) is 16.6. The minimum Gasteiger partial charge on any atom is -0.321 e. The van der Waals surface area contributed by atoms with Gasteiger partial charge in [-0.1, -0.05) is 17.7 Å². The van der Waals surface area contributed by atoms with Crippen LogP contribution in [0.5, 0.6) is 0 Å². The number of hydrogen-bond donors (Lipinski definition) is 1. The van der Waals surface area contributed by atoms with Gasteiger partial charge in [0, 0.05) is 5.69 Å². The molecule has 3 nitrogen and oxygen atoms in total. The molecule has 0 fully saturated rings. The number of nitrogens with one attached hydrogen (secondary N) is 1. The van der Waals surface area contributed by atoms with E-state index >= 15 is 0 Å². The quantitative estimate of drug-likeness (QED) is 0.864. The molecule has 16 heavy (non-hydrogen) atoms. The Morgan fingerprint density at radius 1 is 1.25 bits per heavy atom. The molecule has 4 heteroatoms. The molecule has 1 aromatic heterocycles. The molecule has 0 saturated carbocycles. The Morgan fingerprint density at radius 3 is 2.50 bits per heavy atom. The van der Waals surface area contributed by atoms with E-state index in [1.165, 1.54) is 16.9 Å². The van der Waals surface area contributed by atoms with E-state index in [9.17, 15) is 4.79 Å². The third-order valence-electron chi connectivity index (χ3n) is 2.26. The van der Waals surface area contributed by atoms with Crippen LogP contribution >= 0.6 is 11.3 Å². The van der Waals surface area contributed by atoms with Gasteiger partial charge in [-0.05, 0) is 26.0 Å². The standard InChI is InChI=1S/C12H12N2OS/c1-8-3-5-10(6-4-8)14-12(15)11-9(2)13-7-16-11/h3-7H,1-2H3,(H,14,15). The van der Waals surface area contributed by atoms with Gasteiger partial charge in [-0.15, -0.1) is 11.3 Å². The monoisotopic (exact) mass is 232 g/mol. The second-order valence-electron chi connectivity index (χ2n) is 3.59. The molecule has 0 saturated heterocycles. The van der Waals surface area contributed by atoms with Crippen LogP contribution in [-0.4, -0.2) is 10.9 Å². The lowest BCUT2D eigenvalue weighted by Crippen LogP contribution is -2.11. The van der Waals surface area contributed by atoms with Gasteiger partial charge in [0.05, 0.1) is 11.2 Å². The Kier molecular flexibility index (Phi) is 3.01. The average Bonchev–Trinajstić information content (AvgIpc) is 2.68. The van der Waals surface area contributed by atoms with Crippen LogP contribution in [0.3, 0.4) is 0 Å². The van der Waals surface area contributed by atoms with E-state index in [-0.39, 0.29) is 5.91 Å². The molecule has 1 heterocycles. The largest absolute Gasteiger partial charge is 0.321 e. The average molecular weight is 232 g/mol. The molecular weight excluding hydrogens is 220 g/mol. The van der Waals surface area contributed by atoms with E-state index < -0.39 is 0 Å². The van der Waals surface area contributed by atoms with Crippen LogP contribution in [0.25, 0.3) is 0 Å². The molecule has 0 unspecified atom stereocenters. The lowest BCUT2D eigenvalue weighted by atomic mass is 10.2. The minimum atomic E-state index is -0.0937. The van der Waals surface area contributed by atoms with Gasteiger partial charge in [0.25, 0.3) is 5.91 Å². The number of nitrogens with zero attached hydrogens (tertiary/aromatic N) is 1. The van der Waals surface area contributed by atoms with E-state index in [0.717, 1.165) is 11.4 Å². The summed E-state index contributed by atoms with van der Waals surface area (Å²) in [5.74, 6) is -0.0937. The minimum absolute atomic E-state index is 0.0937. The summed E-state index contributed by atoms with van der Waals surface area (Å²) >= 11 is 1.36. The van der Waals surface area contributed by atoms with Crippen molar-refractivity contribution in [3.63, 3.8) is 0 Å². The maximum absolute atomic E-state index is 11.8. The molecular formula is C12H12N2OS. The van der Waals surface area contributed by atoms with Crippen molar-refractivity contribution in [3.8, 4) is 0 Å². The second kappa shape index (κ2) is 4.45. The highest BCUT2D eigenvalue weighted by atomic mass is 32.1. The van der Waals surface area contributed by atoms with Crippen molar-refractivity contribution < 1.29 is 4.79 Å². The molecule has 1 amide bonds. The Labute approximate surface area is 98.2 Å². The zero-order chi connectivity index (χ0) is 11.5. The molecule has 1 N–H and O–H groups in total. The molecule has 0 aliphatic rings. The van der Waals surface area contributed by atoms with Crippen LogP contribution < -0.4 is 5.32 Å². The first kappa shape index (κ1) is 10.8. The maximum atomic E-state index is 11.8. The van der Waals surface area contributed by atoms with Crippen molar-refractivity contribution in [3.05, 3.63) is 45.9 Å². The fraction of sp³-hybridized carbons (Fsp3) is 0.167. The van der Waals surface area contributed by atoms with Crippen LogP contribution in [0, 0.1) is 13.8 Å². The van der Waals surface area contributed by atoms with Crippen molar-refractivity contribution >= 4 is 22.9 Å². The number of thiazole rings is 1. The zero-order valence-corrected chi connectivity index (χ0v) is 9.97. The normalized spacial score (nSPS) is 10.1. The van der Waals surface area contributed by atoms with E-state index in [4.69, 9.17) is 0 Å². The molecule has 82 valence electrons. The maximum Gasteiger partial charge on any atom is 0.267 e. The highest BCUT2D eigenvalue weighted by molar-refractivity contribution is 7.12. The molecule has 0 aliphatic carbocycles. The van der Waals surface area contributed by atoms with Crippen LogP contribution in [-0.2, 0) is 0 Å². The molecule has 1 aromatic carbocycles. The predicted octanol–water partition coefficient (Wildman–Crippen LogP) is 3.01. The molecule has 2 aromatic rings. The summed E-state index contributed by atoms with van der Waals surface area (Å²) in [5.41, 5.74) is 4.43. The molecule has 0 spiro atoms. The number of carbonyl (C=O) groups excluding carboxylic acids is 1. The van der Waals surface area contributed by atoms with E-state index in [1.807, 2.05) is 38.1 Å². The summed E-state index contributed by atoms with van der Waals surface area (Å²) in [6.45, 7) is 3.85. The van der Waals surface area contributed by atoms with E-state index in [0.29, 0.717) is 4.88 Å². The summed E-state index contributed by atoms with van der Waals surface area (Å²) in [6.07, 6.45) is 0. The second-order valence-corrected chi connectivity index (χ2v) is 4.44. The van der Waals surface area contributed by atoms with Gasteiger partial charge < -0.3 is 5.32 Å². The van der Waals surface area contributed by atoms with E-state index in [2.05, 4.69) is 10.3 Å². The Bertz CT molecular complexity index is 502. The van der Waals surface area contributed by atoms with Crippen molar-refractivity contribution in [2.24, 2.45) is 0 Å². The molecule has 0 atom stereocenters. The summed E-state index contributed by atoms with van der Waals surface area (Å²) in [6, 6.07) is 7.72. The highest BCUT2D eigenvalue weighted by Gasteiger charge is 2.11. The fourth-order valence-corrected chi connectivity index (χ4v) is 2.04. The first-order valence-corrected chi connectivity index (χ1v) is 5.83. The molecule has 0 radical (unpaired) electrons. The van der Waals surface area contributed by atoms with E-state index in [1.54, 1.807) is 5.51 Å². The number of benzene rings is 1. The third-order valence-corrected chi connectivity index (χ3v) is 3.19. The Morgan fingerprint density at radius 2 is 1.94 bits per heavy atom. The number of anilines is 1. The summed E-state index contributed by atoms with van der Waals surface area (Å²) in [5, 5.41) is 2.84. The number of hydrogen-bond acceptors (Lipinski definition) is 3. The van der Waals surface area contributed by atoms with Crippen LogP contribution in [0.2, 0.25) is 0 Å². The smallest absolute Gasteiger partial charge is 0.267 e. The van der Waals surface area contributed by atoms with Crippen molar-refractivity contribution in [1.82, 2.24) is 4.98 Å². The Hall–Kier alpha value is -1.68. The lowest BCUT2D eigenvalue weighted by molar-refractivity contribution is 0.103. The number of carbonyl (C=O) groups is 1. The first-order valence-electron chi connectivity index (χ1n) is 4.95. The molecule has 2 rings (SSSR count). The highest BCUT2D eigenvalue weighted by Crippen LogP contribution is 2.15. The SMILES string of the molecule is Cc1ccc(NC(=O)c2scnc2C)cc1. The first-order chi connectivity index (χ1) is 7.66. The topological polar surface area (TPSA) is 42.0 Å². The van der Waals surface area contributed by atoms with Gasteiger partial charge in [-0.3, -0.25) is 4.79 Å². The zero-order valence-electron chi connectivity index (χ0n) is 9.15. The van der Waals surface area contributed by atoms with Gasteiger partial charge in [-0.2, -0.15) is 0 Å².